The van der Waals surface area contributed by atoms with Crippen molar-refractivity contribution in [1.29, 1.82) is 0 Å². The minimum atomic E-state index is -2.22. The van der Waals surface area contributed by atoms with E-state index in [9.17, 15) is 79.0 Å². The first-order valence-corrected chi connectivity index (χ1v) is 20.6. The van der Waals surface area contributed by atoms with Crippen LogP contribution in [0.1, 0.15) is 67.3 Å². The number of aliphatic hydroxyl groups excluding tert-OH is 1. The van der Waals surface area contributed by atoms with Gasteiger partial charge >= 0.3 is 23.9 Å². The zero-order valence-corrected chi connectivity index (χ0v) is 35.8. The molecule has 66 heavy (non-hydrogen) atoms. The Morgan fingerprint density at radius 3 is 1.64 bits per heavy atom. The van der Waals surface area contributed by atoms with E-state index < -0.39 is 138 Å². The number of hydrogen-bond donors (Lipinski definition) is 2. The molecule has 2 aliphatic rings. The second-order valence-electron chi connectivity index (χ2n) is 14.8. The Hall–Kier alpha value is -6.35. The molecular weight excluding hydrogens is 913 g/mol. The van der Waals surface area contributed by atoms with Gasteiger partial charge in [-0.15, -0.1) is 0 Å². The molecule has 4 rings (SSSR count). The maximum atomic E-state index is 12.9. The fraction of sp³-hybridized carbons (Fsp3) is 0.564. The monoisotopic (exact) mass is 959 g/mol. The van der Waals surface area contributed by atoms with Crippen LogP contribution in [0.2, 0.25) is 5.02 Å². The molecule has 27 heteroatoms. The fourth-order valence-corrected chi connectivity index (χ4v) is 6.61. The number of carbonyl (C=O) groups is 5. The number of likely N-dealkylation sites (tertiary alicyclic amines) is 1. The summed E-state index contributed by atoms with van der Waals surface area (Å²) in [6, 6.07) is 13.1. The number of hydrogen-bond acceptors (Lipinski definition) is 21. The first-order valence-electron chi connectivity index (χ1n) is 20.2. The first-order chi connectivity index (χ1) is 31.1. The molecule has 2 heterocycles. The van der Waals surface area contributed by atoms with Crippen molar-refractivity contribution in [3.05, 3.63) is 111 Å². The van der Waals surface area contributed by atoms with Crippen molar-refractivity contribution in [2.24, 2.45) is 0 Å². The number of rotatable bonds is 23. The maximum absolute atomic E-state index is 12.9. The highest BCUT2D eigenvalue weighted by Gasteiger charge is 2.52. The van der Waals surface area contributed by atoms with Crippen LogP contribution in [-0.2, 0) is 48.5 Å². The molecule has 0 spiro atoms. The third-order valence-corrected chi connectivity index (χ3v) is 10.2. The number of nitro groups is 4. The van der Waals surface area contributed by atoms with Gasteiger partial charge in [0.2, 0.25) is 26.2 Å². The van der Waals surface area contributed by atoms with Crippen molar-refractivity contribution in [1.82, 2.24) is 4.90 Å². The van der Waals surface area contributed by atoms with E-state index in [-0.39, 0.29) is 11.6 Å². The number of piperidine rings is 1. The van der Waals surface area contributed by atoms with Crippen molar-refractivity contribution in [2.75, 3.05) is 52.4 Å². The van der Waals surface area contributed by atoms with Gasteiger partial charge in [0, 0.05) is 49.8 Å². The lowest BCUT2D eigenvalue weighted by molar-refractivity contribution is -0.479. The van der Waals surface area contributed by atoms with Crippen LogP contribution in [0.3, 0.4) is 0 Å². The number of ether oxygens (including phenoxy) is 5. The van der Waals surface area contributed by atoms with Gasteiger partial charge in [-0.3, -0.25) is 64.4 Å². The van der Waals surface area contributed by atoms with E-state index in [4.69, 9.17) is 35.3 Å². The van der Waals surface area contributed by atoms with Gasteiger partial charge < -0.3 is 38.8 Å². The van der Waals surface area contributed by atoms with E-state index in [0.717, 1.165) is 31.6 Å². The third-order valence-electron chi connectivity index (χ3n) is 9.92. The average molecular weight is 960 g/mol. The Morgan fingerprint density at radius 2 is 1.15 bits per heavy atom. The minimum Gasteiger partial charge on any atom is -0.463 e. The molecule has 0 bridgehead atoms. The maximum Gasteiger partial charge on any atom is 0.313 e. The molecule has 2 aromatic rings. The molecule has 2 saturated heterocycles. The van der Waals surface area contributed by atoms with E-state index in [1.54, 1.807) is 0 Å². The number of benzene rings is 2. The van der Waals surface area contributed by atoms with Gasteiger partial charge in [-0.25, -0.2) is 4.39 Å². The van der Waals surface area contributed by atoms with Crippen LogP contribution in [-0.4, -0.2) is 148 Å². The molecular formula is C39H47ClFN5O20. The van der Waals surface area contributed by atoms with Crippen LogP contribution in [0.25, 0.3) is 0 Å². The number of halogens is 2. The Morgan fingerprint density at radius 1 is 0.697 bits per heavy atom. The van der Waals surface area contributed by atoms with Crippen molar-refractivity contribution in [2.45, 2.75) is 87.7 Å². The standard InChI is InChI=1S/C21H23ClFNO2.C18H24N4O18/c22-18-7-5-17(6-8-18)21(26)11-14-24(15-12-21)13-1-2-20(25)16-3-9-19(23)10-4-16;23-11(1-5-19(28)29)36-9-10-15(38-12(24)2-6-20(30)31)16(39-13(25)3-7-21(32)33)17(18(27)37-10)40-14(26)4-8-22(34)35/h3-10,26H,1-2,11-15H2;10,15-18,27H,1-9H2. The summed E-state index contributed by atoms with van der Waals surface area (Å²) in [6.07, 6.45) is -10.6. The predicted molar refractivity (Wildman–Crippen MR) is 218 cm³/mol. The molecule has 0 saturated carbocycles. The summed E-state index contributed by atoms with van der Waals surface area (Å²) in [5, 5.41) is 64.2. The molecule has 2 fully saturated rings. The van der Waals surface area contributed by atoms with E-state index in [1.165, 1.54) is 24.3 Å². The van der Waals surface area contributed by atoms with Gasteiger partial charge in [0.25, 0.3) is 0 Å². The summed E-state index contributed by atoms with van der Waals surface area (Å²) in [4.78, 5) is 102. The zero-order valence-electron chi connectivity index (χ0n) is 35.1. The van der Waals surface area contributed by atoms with Gasteiger partial charge in [0.1, 0.15) is 44.2 Å². The predicted octanol–water partition coefficient (Wildman–Crippen LogP) is 2.08. The number of aliphatic hydroxyl groups is 2. The van der Waals surface area contributed by atoms with Crippen molar-refractivity contribution in [3.63, 3.8) is 0 Å². The molecule has 5 atom stereocenters. The number of esters is 4. The molecule has 2 N–H and O–H groups in total. The lowest BCUT2D eigenvalue weighted by atomic mass is 9.84. The topological polar surface area (TPSA) is 348 Å². The Labute approximate surface area is 378 Å². The van der Waals surface area contributed by atoms with E-state index in [2.05, 4.69) is 4.90 Å². The van der Waals surface area contributed by atoms with Crippen LogP contribution >= 0.6 is 11.6 Å². The minimum absolute atomic E-state index is 0.0414. The van der Waals surface area contributed by atoms with Gasteiger partial charge in [-0.2, -0.15) is 0 Å². The van der Waals surface area contributed by atoms with Crippen LogP contribution in [0.15, 0.2) is 48.5 Å². The van der Waals surface area contributed by atoms with Crippen LogP contribution < -0.4 is 0 Å². The number of nitrogens with zero attached hydrogens (tertiary/aromatic N) is 5. The van der Waals surface area contributed by atoms with Gasteiger partial charge in [0.05, 0.1) is 5.60 Å². The highest BCUT2D eigenvalue weighted by atomic mass is 35.5. The summed E-state index contributed by atoms with van der Waals surface area (Å²) in [5.74, 6) is -5.35. The number of Topliss-reactive ketones (excluding diaryl/α,β-unsaturated/α-hetero) is 1. The summed E-state index contributed by atoms with van der Waals surface area (Å²) >= 11 is 5.92. The molecule has 2 aromatic carbocycles. The fourth-order valence-electron chi connectivity index (χ4n) is 6.48. The summed E-state index contributed by atoms with van der Waals surface area (Å²) in [5.41, 5.74) is 0.667. The van der Waals surface area contributed by atoms with E-state index in [1.807, 2.05) is 24.3 Å². The Kier molecular flexibility index (Phi) is 21.7. The quantitative estimate of drug-likeness (QED) is 0.0529. The molecule has 0 amide bonds. The van der Waals surface area contributed by atoms with Gasteiger partial charge in [-0.1, -0.05) is 23.7 Å². The van der Waals surface area contributed by atoms with Crippen LogP contribution in [0.5, 0.6) is 0 Å². The molecule has 0 radical (unpaired) electrons. The average Bonchev–Trinajstić information content (AvgIpc) is 3.26. The normalized spacial score (nSPS) is 20.0. The van der Waals surface area contributed by atoms with Gasteiger partial charge in [-0.05, 0) is 67.8 Å². The lowest BCUT2D eigenvalue weighted by Crippen LogP contribution is -2.62. The lowest BCUT2D eigenvalue weighted by Gasteiger charge is -2.42. The van der Waals surface area contributed by atoms with E-state index >= 15 is 0 Å². The molecule has 0 aromatic heterocycles. The summed E-state index contributed by atoms with van der Waals surface area (Å²) in [6.45, 7) is -2.04. The summed E-state index contributed by atoms with van der Waals surface area (Å²) < 4.78 is 38.0. The molecule has 362 valence electrons. The van der Waals surface area contributed by atoms with Crippen LogP contribution in [0, 0.1) is 46.3 Å². The zero-order chi connectivity index (χ0) is 49.0. The Balaban J connectivity index is 0.000000381. The second kappa shape index (κ2) is 26.6. The van der Waals surface area contributed by atoms with Crippen molar-refractivity contribution < 1.29 is 82.0 Å². The highest BCUT2D eigenvalue weighted by Crippen LogP contribution is 2.34. The van der Waals surface area contributed by atoms with Crippen molar-refractivity contribution in [3.8, 4) is 0 Å². The van der Waals surface area contributed by atoms with E-state index in [0.29, 0.717) is 29.8 Å². The van der Waals surface area contributed by atoms with Crippen molar-refractivity contribution >= 4 is 41.3 Å². The Bertz CT molecular complexity index is 2020. The smallest absolute Gasteiger partial charge is 0.313 e. The first kappa shape index (κ1) is 54.0. The molecule has 0 aliphatic carbocycles. The second-order valence-corrected chi connectivity index (χ2v) is 15.2. The molecule has 5 unspecified atom stereocenters. The molecule has 25 nitrogen and oxygen atoms in total. The number of ketones is 1. The largest absolute Gasteiger partial charge is 0.463 e. The highest BCUT2D eigenvalue weighted by molar-refractivity contribution is 6.30. The molecule has 2 aliphatic heterocycles. The third kappa shape index (κ3) is 19.0. The number of carbonyl (C=O) groups excluding carboxylic acids is 5. The van der Waals surface area contributed by atoms with Gasteiger partial charge in [0.15, 0.2) is 30.4 Å². The van der Waals surface area contributed by atoms with Crippen LogP contribution in [0.4, 0.5) is 4.39 Å². The summed E-state index contributed by atoms with van der Waals surface area (Å²) in [7, 11) is 0. The SMILES string of the molecule is O=C(CCCN1CCC(O)(c2ccc(Cl)cc2)CC1)c1ccc(F)cc1.O=C(CC[N+](=O)[O-])OCC1OC(O)C(OC(=O)CC[N+](=O)[O-])C(OC(=O)CC[N+](=O)[O-])C1OC(=O)CC[N+](=O)[O-].